The van der Waals surface area contributed by atoms with Gasteiger partial charge in [0.25, 0.3) is 0 Å². The van der Waals surface area contributed by atoms with Crippen molar-refractivity contribution in [3.05, 3.63) is 28.8 Å². The van der Waals surface area contributed by atoms with Gasteiger partial charge in [0, 0.05) is 18.0 Å². The summed E-state index contributed by atoms with van der Waals surface area (Å²) in [7, 11) is 1.66. The minimum absolute atomic E-state index is 0.140. The van der Waals surface area contributed by atoms with Crippen molar-refractivity contribution >= 4 is 5.78 Å². The molecule has 1 aromatic rings. The average Bonchev–Trinajstić information content (AvgIpc) is 2.85. The Kier molecular flexibility index (Phi) is 3.48. The Morgan fingerprint density at radius 3 is 2.71 bits per heavy atom. The van der Waals surface area contributed by atoms with Gasteiger partial charge < -0.3 is 10.1 Å². The lowest BCUT2D eigenvalue weighted by molar-refractivity contribution is 0.0929. The van der Waals surface area contributed by atoms with E-state index in [4.69, 9.17) is 4.74 Å². The van der Waals surface area contributed by atoms with Crippen LogP contribution in [-0.4, -0.2) is 26.0 Å². The van der Waals surface area contributed by atoms with E-state index in [-0.39, 0.29) is 11.7 Å². The predicted octanol–water partition coefficient (Wildman–Crippen LogP) is 2.10. The van der Waals surface area contributed by atoms with Crippen molar-refractivity contribution in [2.45, 2.75) is 20.3 Å². The molecule has 1 N–H and O–H groups in total. The number of benzene rings is 1. The lowest BCUT2D eigenvalue weighted by Gasteiger charge is -2.14. The second kappa shape index (κ2) is 4.88. The molecule has 17 heavy (non-hydrogen) atoms. The molecule has 1 aliphatic heterocycles. The van der Waals surface area contributed by atoms with E-state index in [1.807, 2.05) is 26.0 Å². The number of hydrogen-bond donors (Lipinski definition) is 1. The largest absolute Gasteiger partial charge is 0.496 e. The first-order chi connectivity index (χ1) is 8.15. The van der Waals surface area contributed by atoms with Crippen molar-refractivity contribution in [2.24, 2.45) is 5.92 Å². The molecule has 1 unspecified atom stereocenters. The van der Waals surface area contributed by atoms with Gasteiger partial charge >= 0.3 is 0 Å². The summed E-state index contributed by atoms with van der Waals surface area (Å²) in [4.78, 5) is 12.3. The summed E-state index contributed by atoms with van der Waals surface area (Å²) in [6.45, 7) is 5.75. The van der Waals surface area contributed by atoms with Gasteiger partial charge in [-0.05, 0) is 50.1 Å². The minimum atomic E-state index is 0.140. The zero-order valence-electron chi connectivity index (χ0n) is 10.7. The highest BCUT2D eigenvalue weighted by Crippen LogP contribution is 2.26. The van der Waals surface area contributed by atoms with Gasteiger partial charge in [0.15, 0.2) is 5.78 Å². The Morgan fingerprint density at radius 1 is 1.35 bits per heavy atom. The number of carbonyl (C=O) groups excluding carboxylic acids is 1. The number of ketones is 1. The monoisotopic (exact) mass is 233 g/mol. The van der Waals surface area contributed by atoms with Crippen molar-refractivity contribution in [1.82, 2.24) is 5.32 Å². The molecule has 0 aromatic heterocycles. The molecule has 0 aliphatic carbocycles. The summed E-state index contributed by atoms with van der Waals surface area (Å²) in [5, 5.41) is 3.23. The zero-order valence-corrected chi connectivity index (χ0v) is 10.7. The van der Waals surface area contributed by atoms with E-state index in [2.05, 4.69) is 5.32 Å². The molecule has 2 rings (SSSR count). The quantitative estimate of drug-likeness (QED) is 0.813. The first-order valence-electron chi connectivity index (χ1n) is 6.04. The maximum absolute atomic E-state index is 12.3. The van der Waals surface area contributed by atoms with Crippen molar-refractivity contribution in [3.8, 4) is 5.75 Å². The summed E-state index contributed by atoms with van der Waals surface area (Å²) < 4.78 is 5.26. The molecule has 1 saturated heterocycles. The van der Waals surface area contributed by atoms with Crippen LogP contribution in [0.15, 0.2) is 12.1 Å². The molecule has 1 atom stereocenters. The van der Waals surface area contributed by atoms with Gasteiger partial charge in [-0.2, -0.15) is 0 Å². The molecular formula is C14H19NO2. The Labute approximate surface area is 102 Å². The average molecular weight is 233 g/mol. The van der Waals surface area contributed by atoms with Crippen LogP contribution in [0, 0.1) is 19.8 Å². The lowest BCUT2D eigenvalue weighted by Crippen LogP contribution is -2.19. The SMILES string of the molecule is COc1ccc(C(=O)C2CCNC2)c(C)c1C. The van der Waals surface area contributed by atoms with Crippen LogP contribution in [0.2, 0.25) is 0 Å². The van der Waals surface area contributed by atoms with Crippen molar-refractivity contribution in [2.75, 3.05) is 20.2 Å². The summed E-state index contributed by atoms with van der Waals surface area (Å²) in [6, 6.07) is 3.78. The van der Waals surface area contributed by atoms with Gasteiger partial charge in [0.05, 0.1) is 7.11 Å². The Balaban J connectivity index is 2.32. The molecule has 0 bridgehead atoms. The number of ether oxygens (including phenoxy) is 1. The van der Waals surface area contributed by atoms with E-state index >= 15 is 0 Å². The molecule has 1 aliphatic rings. The first-order valence-corrected chi connectivity index (χ1v) is 6.04. The molecule has 92 valence electrons. The molecule has 1 heterocycles. The minimum Gasteiger partial charge on any atom is -0.496 e. The number of methoxy groups -OCH3 is 1. The Bertz CT molecular complexity index is 434. The summed E-state index contributed by atoms with van der Waals surface area (Å²) in [5.41, 5.74) is 2.95. The van der Waals surface area contributed by atoms with Crippen molar-refractivity contribution in [1.29, 1.82) is 0 Å². The van der Waals surface area contributed by atoms with Crippen LogP contribution >= 0.6 is 0 Å². The zero-order chi connectivity index (χ0) is 12.4. The summed E-state index contributed by atoms with van der Waals surface area (Å²) >= 11 is 0. The van der Waals surface area contributed by atoms with E-state index in [9.17, 15) is 4.79 Å². The van der Waals surface area contributed by atoms with Crippen LogP contribution in [0.1, 0.15) is 27.9 Å². The van der Waals surface area contributed by atoms with Crippen LogP contribution in [0.3, 0.4) is 0 Å². The molecule has 1 aromatic carbocycles. The van der Waals surface area contributed by atoms with Gasteiger partial charge in [-0.3, -0.25) is 4.79 Å². The molecule has 0 spiro atoms. The predicted molar refractivity (Wildman–Crippen MR) is 67.8 cm³/mol. The second-order valence-electron chi connectivity index (χ2n) is 4.62. The van der Waals surface area contributed by atoms with E-state index in [0.717, 1.165) is 42.0 Å². The van der Waals surface area contributed by atoms with Crippen LogP contribution in [-0.2, 0) is 0 Å². The fourth-order valence-electron chi connectivity index (χ4n) is 2.38. The Morgan fingerprint density at radius 2 is 2.12 bits per heavy atom. The summed E-state index contributed by atoms with van der Waals surface area (Å²) in [5.74, 6) is 1.25. The number of hydrogen-bond acceptors (Lipinski definition) is 3. The molecule has 0 amide bonds. The maximum atomic E-state index is 12.3. The third kappa shape index (κ3) is 2.20. The van der Waals surface area contributed by atoms with Crippen LogP contribution in [0.4, 0.5) is 0 Å². The smallest absolute Gasteiger partial charge is 0.167 e. The number of carbonyl (C=O) groups is 1. The highest BCUT2D eigenvalue weighted by atomic mass is 16.5. The van der Waals surface area contributed by atoms with Gasteiger partial charge in [-0.1, -0.05) is 0 Å². The maximum Gasteiger partial charge on any atom is 0.167 e. The van der Waals surface area contributed by atoms with Gasteiger partial charge in [-0.15, -0.1) is 0 Å². The molecule has 3 nitrogen and oxygen atoms in total. The molecule has 1 fully saturated rings. The van der Waals surface area contributed by atoms with E-state index in [1.54, 1.807) is 7.11 Å². The highest BCUT2D eigenvalue weighted by Gasteiger charge is 2.25. The first kappa shape index (κ1) is 12.1. The number of Topliss-reactive ketones (excluding diaryl/α,β-unsaturated/α-hetero) is 1. The number of rotatable bonds is 3. The lowest BCUT2D eigenvalue weighted by atomic mass is 9.91. The fraction of sp³-hybridized carbons (Fsp3) is 0.500. The fourth-order valence-corrected chi connectivity index (χ4v) is 2.38. The topological polar surface area (TPSA) is 38.3 Å². The molecule has 3 heteroatoms. The van der Waals surface area contributed by atoms with Crippen LogP contribution < -0.4 is 10.1 Å². The van der Waals surface area contributed by atoms with Crippen molar-refractivity contribution in [3.63, 3.8) is 0 Å². The second-order valence-corrected chi connectivity index (χ2v) is 4.62. The normalized spacial score (nSPS) is 19.4. The molecule has 0 saturated carbocycles. The van der Waals surface area contributed by atoms with Gasteiger partial charge in [-0.25, -0.2) is 0 Å². The molecule has 0 radical (unpaired) electrons. The summed E-state index contributed by atoms with van der Waals surface area (Å²) in [6.07, 6.45) is 0.948. The van der Waals surface area contributed by atoms with Gasteiger partial charge in [0.2, 0.25) is 0 Å². The van der Waals surface area contributed by atoms with E-state index < -0.39 is 0 Å². The van der Waals surface area contributed by atoms with Crippen LogP contribution in [0.25, 0.3) is 0 Å². The number of nitrogens with one attached hydrogen (secondary N) is 1. The third-order valence-corrected chi connectivity index (χ3v) is 3.65. The van der Waals surface area contributed by atoms with E-state index in [0.29, 0.717) is 0 Å². The standard InChI is InChI=1S/C14H19NO2/c1-9-10(2)13(17-3)5-4-12(9)14(16)11-6-7-15-8-11/h4-5,11,15H,6-8H2,1-3H3. The van der Waals surface area contributed by atoms with Crippen LogP contribution in [0.5, 0.6) is 5.75 Å². The van der Waals surface area contributed by atoms with E-state index in [1.165, 1.54) is 0 Å². The Hall–Kier alpha value is -1.35. The highest BCUT2D eigenvalue weighted by molar-refractivity contribution is 6.00. The molecular weight excluding hydrogens is 214 g/mol. The third-order valence-electron chi connectivity index (χ3n) is 3.65. The van der Waals surface area contributed by atoms with Gasteiger partial charge in [0.1, 0.15) is 5.75 Å². The van der Waals surface area contributed by atoms with Crippen molar-refractivity contribution < 1.29 is 9.53 Å².